The molecule has 26 heavy (non-hydrogen) atoms. The molecule has 2 N–H and O–H groups in total. The summed E-state index contributed by atoms with van der Waals surface area (Å²) >= 11 is 6.99. The molecule has 0 aliphatic heterocycles. The van der Waals surface area contributed by atoms with Crippen molar-refractivity contribution < 1.29 is 8.42 Å². The van der Waals surface area contributed by atoms with Gasteiger partial charge in [-0.05, 0) is 60.9 Å². The summed E-state index contributed by atoms with van der Waals surface area (Å²) in [7, 11) is -3.45. The van der Waals surface area contributed by atoms with Gasteiger partial charge in [0.2, 0.25) is 10.0 Å². The monoisotopic (exact) mass is 409 g/mol. The Bertz CT molecular complexity index is 848. The predicted molar refractivity (Wildman–Crippen MR) is 115 cm³/mol. The van der Waals surface area contributed by atoms with Gasteiger partial charge in [-0.15, -0.1) is 11.8 Å². The van der Waals surface area contributed by atoms with Crippen LogP contribution < -0.4 is 10.6 Å². The SMILES string of the molecule is CCN(CC)S(=O)(=O)c1ccc(NC(=S)Nc2cccc(SC)c2)cc1. The van der Waals surface area contributed by atoms with Crippen molar-refractivity contribution in [1.82, 2.24) is 4.31 Å². The second kappa shape index (κ2) is 9.36. The lowest BCUT2D eigenvalue weighted by molar-refractivity contribution is 0.445. The van der Waals surface area contributed by atoms with Gasteiger partial charge in [0.15, 0.2) is 5.11 Å². The molecule has 0 amide bonds. The van der Waals surface area contributed by atoms with Crippen LogP contribution in [0.2, 0.25) is 0 Å². The maximum absolute atomic E-state index is 12.5. The van der Waals surface area contributed by atoms with E-state index in [-0.39, 0.29) is 4.90 Å². The van der Waals surface area contributed by atoms with E-state index >= 15 is 0 Å². The summed E-state index contributed by atoms with van der Waals surface area (Å²) in [5, 5.41) is 6.64. The zero-order chi connectivity index (χ0) is 19.2. The molecular weight excluding hydrogens is 386 g/mol. The molecule has 2 aromatic rings. The van der Waals surface area contributed by atoms with E-state index < -0.39 is 10.0 Å². The van der Waals surface area contributed by atoms with E-state index in [2.05, 4.69) is 10.6 Å². The second-order valence-electron chi connectivity index (χ2n) is 5.42. The Morgan fingerprint density at radius 2 is 1.65 bits per heavy atom. The predicted octanol–water partition coefficient (Wildman–Crippen LogP) is 4.25. The molecule has 0 aliphatic carbocycles. The number of anilines is 2. The largest absolute Gasteiger partial charge is 0.332 e. The molecule has 0 aromatic heterocycles. The van der Waals surface area contributed by atoms with Crippen molar-refractivity contribution in [3.63, 3.8) is 0 Å². The Labute approximate surface area is 165 Å². The number of benzene rings is 2. The quantitative estimate of drug-likeness (QED) is 0.527. The first kappa shape index (κ1) is 20.7. The molecular formula is C18H23N3O2S3. The van der Waals surface area contributed by atoms with Gasteiger partial charge in [-0.25, -0.2) is 8.42 Å². The van der Waals surface area contributed by atoms with Crippen molar-refractivity contribution in [2.24, 2.45) is 0 Å². The molecule has 0 fully saturated rings. The first-order valence-electron chi connectivity index (χ1n) is 8.23. The summed E-state index contributed by atoms with van der Waals surface area (Å²) in [6, 6.07) is 14.5. The molecule has 0 spiro atoms. The van der Waals surface area contributed by atoms with Crippen LogP contribution in [0, 0.1) is 0 Å². The van der Waals surface area contributed by atoms with Crippen LogP contribution in [-0.4, -0.2) is 37.2 Å². The highest BCUT2D eigenvalue weighted by Gasteiger charge is 2.21. The third-order valence-electron chi connectivity index (χ3n) is 3.78. The van der Waals surface area contributed by atoms with Crippen molar-refractivity contribution in [1.29, 1.82) is 0 Å². The summed E-state index contributed by atoms with van der Waals surface area (Å²) in [6.07, 6.45) is 2.02. The Morgan fingerprint density at radius 3 is 2.23 bits per heavy atom. The summed E-state index contributed by atoms with van der Waals surface area (Å²) in [6.45, 7) is 4.55. The first-order chi connectivity index (χ1) is 12.4. The molecule has 0 atom stereocenters. The van der Waals surface area contributed by atoms with E-state index in [1.54, 1.807) is 36.0 Å². The average Bonchev–Trinajstić information content (AvgIpc) is 2.63. The van der Waals surface area contributed by atoms with E-state index in [9.17, 15) is 8.42 Å². The van der Waals surface area contributed by atoms with E-state index in [1.165, 1.54) is 4.31 Å². The fourth-order valence-corrected chi connectivity index (χ4v) is 4.57. The number of hydrogen-bond acceptors (Lipinski definition) is 4. The third kappa shape index (κ3) is 5.20. The van der Waals surface area contributed by atoms with Crippen LogP contribution in [0.1, 0.15) is 13.8 Å². The van der Waals surface area contributed by atoms with Gasteiger partial charge >= 0.3 is 0 Å². The summed E-state index contributed by atoms with van der Waals surface area (Å²) in [4.78, 5) is 1.42. The molecule has 8 heteroatoms. The molecule has 0 saturated heterocycles. The Kier molecular flexibility index (Phi) is 7.45. The molecule has 0 heterocycles. The van der Waals surface area contributed by atoms with E-state index in [4.69, 9.17) is 12.2 Å². The number of nitrogens with zero attached hydrogens (tertiary/aromatic N) is 1. The highest BCUT2D eigenvalue weighted by Crippen LogP contribution is 2.20. The minimum Gasteiger partial charge on any atom is -0.332 e. The lowest BCUT2D eigenvalue weighted by Gasteiger charge is -2.18. The zero-order valence-electron chi connectivity index (χ0n) is 15.0. The summed E-state index contributed by atoms with van der Waals surface area (Å²) < 4.78 is 26.4. The van der Waals surface area contributed by atoms with E-state index in [0.29, 0.717) is 18.2 Å². The van der Waals surface area contributed by atoms with Crippen LogP contribution in [0.15, 0.2) is 58.3 Å². The topological polar surface area (TPSA) is 61.4 Å². The minimum atomic E-state index is -3.45. The molecule has 2 rings (SSSR count). The average molecular weight is 410 g/mol. The van der Waals surface area contributed by atoms with Gasteiger partial charge in [-0.2, -0.15) is 4.31 Å². The maximum atomic E-state index is 12.5. The van der Waals surface area contributed by atoms with Crippen molar-refractivity contribution in [2.45, 2.75) is 23.6 Å². The molecule has 0 unspecified atom stereocenters. The van der Waals surface area contributed by atoms with Gasteiger partial charge < -0.3 is 10.6 Å². The summed E-state index contributed by atoms with van der Waals surface area (Å²) in [5.74, 6) is 0. The Hall–Kier alpha value is -1.61. The van der Waals surface area contributed by atoms with Crippen LogP contribution >= 0.6 is 24.0 Å². The van der Waals surface area contributed by atoms with E-state index in [1.807, 2.05) is 44.4 Å². The van der Waals surface area contributed by atoms with Crippen molar-refractivity contribution in [3.8, 4) is 0 Å². The van der Waals surface area contributed by atoms with Gasteiger partial charge in [0, 0.05) is 29.4 Å². The Morgan fingerprint density at radius 1 is 1.04 bits per heavy atom. The number of hydrogen-bond donors (Lipinski definition) is 2. The standard InChI is InChI=1S/C18H23N3O2S3/c1-4-21(5-2)26(22,23)17-11-9-14(10-12-17)19-18(24)20-15-7-6-8-16(13-15)25-3/h6-13H,4-5H2,1-3H3,(H2,19,20,24). The molecule has 0 bridgehead atoms. The van der Waals surface area contributed by atoms with Gasteiger partial charge in [0.25, 0.3) is 0 Å². The number of thiocarbonyl (C=S) groups is 1. The number of rotatable bonds is 7. The minimum absolute atomic E-state index is 0.276. The molecule has 2 aromatic carbocycles. The maximum Gasteiger partial charge on any atom is 0.243 e. The number of thioether (sulfide) groups is 1. The molecule has 0 aliphatic rings. The van der Waals surface area contributed by atoms with Crippen LogP contribution in [0.5, 0.6) is 0 Å². The fourth-order valence-electron chi connectivity index (χ4n) is 2.42. The summed E-state index contributed by atoms with van der Waals surface area (Å²) in [5.41, 5.74) is 1.62. The van der Waals surface area contributed by atoms with Crippen LogP contribution in [0.3, 0.4) is 0 Å². The first-order valence-corrected chi connectivity index (χ1v) is 11.3. The number of sulfonamides is 1. The van der Waals surface area contributed by atoms with Crippen molar-refractivity contribution >= 4 is 50.5 Å². The molecule has 0 radical (unpaired) electrons. The second-order valence-corrected chi connectivity index (χ2v) is 8.65. The van der Waals surface area contributed by atoms with Crippen LogP contribution in [0.4, 0.5) is 11.4 Å². The highest BCUT2D eigenvalue weighted by molar-refractivity contribution is 7.98. The normalized spacial score (nSPS) is 11.4. The fraction of sp³-hybridized carbons (Fsp3) is 0.278. The van der Waals surface area contributed by atoms with E-state index in [0.717, 1.165) is 16.3 Å². The van der Waals surface area contributed by atoms with Gasteiger partial charge in [0.05, 0.1) is 4.90 Å². The third-order valence-corrected chi connectivity index (χ3v) is 6.78. The smallest absolute Gasteiger partial charge is 0.243 e. The van der Waals surface area contributed by atoms with Crippen LogP contribution in [0.25, 0.3) is 0 Å². The highest BCUT2D eigenvalue weighted by atomic mass is 32.2. The lowest BCUT2D eigenvalue weighted by Crippen LogP contribution is -2.30. The lowest BCUT2D eigenvalue weighted by atomic mass is 10.3. The van der Waals surface area contributed by atoms with Crippen LogP contribution in [-0.2, 0) is 10.0 Å². The van der Waals surface area contributed by atoms with Gasteiger partial charge in [-0.1, -0.05) is 19.9 Å². The number of nitrogens with one attached hydrogen (secondary N) is 2. The molecule has 0 saturated carbocycles. The van der Waals surface area contributed by atoms with Gasteiger partial charge in [0.1, 0.15) is 0 Å². The zero-order valence-corrected chi connectivity index (χ0v) is 17.5. The van der Waals surface area contributed by atoms with Crippen molar-refractivity contribution in [2.75, 3.05) is 30.0 Å². The molecule has 5 nitrogen and oxygen atoms in total. The molecule has 140 valence electrons. The van der Waals surface area contributed by atoms with Gasteiger partial charge in [-0.3, -0.25) is 0 Å². The Balaban J connectivity index is 2.05. The van der Waals surface area contributed by atoms with Crippen molar-refractivity contribution in [3.05, 3.63) is 48.5 Å².